The van der Waals surface area contributed by atoms with Gasteiger partial charge in [0.05, 0.1) is 91.2 Å². The third-order valence-electron chi connectivity index (χ3n) is 21.9. The number of fused-ring (bicyclic) bond motifs is 2. The minimum absolute atomic E-state index is 0. The first-order chi connectivity index (χ1) is 68.6. The summed E-state index contributed by atoms with van der Waals surface area (Å²) in [5, 5.41) is 33.3. The van der Waals surface area contributed by atoms with Crippen molar-refractivity contribution in [1.29, 1.82) is 0 Å². The van der Waals surface area contributed by atoms with Crippen LogP contribution in [0.3, 0.4) is 0 Å². The number of aliphatic imine (C=N–C) groups is 6. The third-order valence-corrected chi connectivity index (χ3v) is 25.2. The standard InChI is InChI=1S/2C9H10N2S.3C7H11N.C7H13N.4C7H11N.C6H10N2.2C6H9NO.2C6H9NS.2C5H9N3.CH4/c1-6(2)7-3-4-10-9-8(7)12-5-11-9;1-6(2)7-3-4-10-9-8(7)11-5-12-9;3*1-6(2)7-3-4-8-5-7;1-7(2)8-5-3-4-6-8;4*1-6(2)7-4-3-5-8-7;2*1-5(2)6-3-7-8-4-6;1-5(2)6-3-4-7-8-6;1-5(2)6-3-7-8-4-6;1-5(2)6-3-4-7-8-6;1-5(2)8-4-3-6-7-8;1-4(2)5-3-6-8-7-5;/h2*3-6H,1-2H3;3,5-6H,4H2,1-2H3;3-4,6H,5H2,1-2H3;3-6,8H,1-2H3;3,5,7H,4,6H2,1-2H3;3*3-4,6H,5H2,1-2H3;3-7H,1-2H3;3-5H,1-2H3,(H,7,8);5*3-5H,1-2H3;3-4H,1-2H3,(H,6,7,8);1H4. The van der Waals surface area contributed by atoms with E-state index >= 15 is 0 Å². The zero-order valence-electron chi connectivity index (χ0n) is 93.0. The average molecular weight is 2060 g/mol. The van der Waals surface area contributed by atoms with Gasteiger partial charge in [0.1, 0.15) is 22.4 Å². The predicted octanol–water partition coefficient (Wildman–Crippen LogP) is 31.4. The van der Waals surface area contributed by atoms with Crippen LogP contribution in [0.2, 0.25) is 0 Å². The quantitative estimate of drug-likeness (QED) is 0.0762. The number of hydrogen-bond donors (Lipinski definition) is 3. The number of allylic oxidation sites excluding steroid dienone is 6. The van der Waals surface area contributed by atoms with Crippen molar-refractivity contribution in [3.05, 3.63) is 267 Å². The highest BCUT2D eigenvalue weighted by molar-refractivity contribution is 7.17. The SMILES string of the molecule is C.CC(C)C1=CC=NC1.CC(C)C1=CCN=C1.CC(C)C1=NCC=C1.CC(C)C1=NCC=C1.CC(C)C1=NCC=C1.CC(C)C1C=CC=N1.CC(C)N1C=CCC1.CC(C)c1cc[nH]c1.CC(C)c1ccnc2ncsc12.CC(C)c1ccnc2scnc12.CC(C)c1ccno1.CC(C)c1ccns1.CC(C)c1cn[nH]c1.CC(C)c1cn[nH]n1.CC(C)c1cnoc1.CC(C)c1cnsc1.CC(C)n1ccnn1. The van der Waals surface area contributed by atoms with Crippen molar-refractivity contribution in [2.24, 2.45) is 65.5 Å². The van der Waals surface area contributed by atoms with E-state index < -0.39 is 0 Å². The number of nitrogens with zero attached hydrogens (tertiary/aromatic N) is 21. The molecule has 0 aromatic carbocycles. The van der Waals surface area contributed by atoms with Gasteiger partial charge >= 0.3 is 0 Å². The predicted molar refractivity (Wildman–Crippen MR) is 625 cm³/mol. The summed E-state index contributed by atoms with van der Waals surface area (Å²) in [5.74, 6) is 9.82. The summed E-state index contributed by atoms with van der Waals surface area (Å²) in [6, 6.07) is 11.7. The Labute approximate surface area is 887 Å². The number of aromatic amines is 3. The van der Waals surface area contributed by atoms with Gasteiger partial charge in [-0.05, 0) is 240 Å². The summed E-state index contributed by atoms with van der Waals surface area (Å²) >= 11 is 6.36. The number of pyridine rings is 2. The van der Waals surface area contributed by atoms with Crippen molar-refractivity contribution in [3.63, 3.8) is 0 Å². The molecule has 0 aliphatic carbocycles. The molecule has 19 heterocycles. The number of aromatic nitrogens is 17. The van der Waals surface area contributed by atoms with Crippen molar-refractivity contribution in [3.8, 4) is 0 Å². The van der Waals surface area contributed by atoms with Gasteiger partial charge in [0.2, 0.25) is 0 Å². The van der Waals surface area contributed by atoms with Crippen molar-refractivity contribution < 1.29 is 9.05 Å². The molecule has 12 aromatic heterocycles. The van der Waals surface area contributed by atoms with E-state index in [4.69, 9.17) is 4.52 Å². The van der Waals surface area contributed by atoms with Crippen LogP contribution in [-0.4, -0.2) is 177 Å². The summed E-state index contributed by atoms with van der Waals surface area (Å²) in [4.78, 5) is 49.7. The highest BCUT2D eigenvalue weighted by Crippen LogP contribution is 2.28. The number of nitrogens with one attached hydrogen (secondary N) is 3. The lowest BCUT2D eigenvalue weighted by molar-refractivity contribution is 0.336. The lowest BCUT2D eigenvalue weighted by Crippen LogP contribution is -2.22. The maximum absolute atomic E-state index is 4.84. The van der Waals surface area contributed by atoms with Crippen LogP contribution in [0.4, 0.5) is 0 Å². The number of H-pyrrole nitrogens is 3. The van der Waals surface area contributed by atoms with Gasteiger partial charge in [-0.15, -0.1) is 27.8 Å². The summed E-state index contributed by atoms with van der Waals surface area (Å²) < 4.78 is 20.5. The fraction of sp³-hybridized carbons (Fsp3) is 0.522. The van der Waals surface area contributed by atoms with Crippen LogP contribution < -0.4 is 0 Å². The van der Waals surface area contributed by atoms with Gasteiger partial charge < -0.3 is 18.9 Å². The molecule has 0 saturated carbocycles. The van der Waals surface area contributed by atoms with Gasteiger partial charge in [-0.1, -0.05) is 267 Å². The molecule has 145 heavy (non-hydrogen) atoms. The fourth-order valence-corrected chi connectivity index (χ4v) is 15.1. The molecule has 19 rings (SSSR count). The van der Waals surface area contributed by atoms with Gasteiger partial charge in [-0.2, -0.15) is 20.5 Å². The van der Waals surface area contributed by atoms with Gasteiger partial charge in [0, 0.05) is 132 Å². The Morgan fingerprint density at radius 1 is 0.490 bits per heavy atom. The smallest absolute Gasteiger partial charge is 0.170 e. The maximum Gasteiger partial charge on any atom is 0.170 e. The molecular weight excluding hydrogens is 1880 g/mol. The molecule has 794 valence electrons. The van der Waals surface area contributed by atoms with Crippen LogP contribution >= 0.6 is 45.7 Å². The summed E-state index contributed by atoms with van der Waals surface area (Å²) in [6.07, 6.45) is 57.9. The molecule has 7 aliphatic rings. The normalized spacial score (nSPS) is 13.7. The molecule has 12 aromatic rings. The van der Waals surface area contributed by atoms with Gasteiger partial charge in [0.25, 0.3) is 0 Å². The monoisotopic (exact) mass is 2060 g/mol. The van der Waals surface area contributed by atoms with Gasteiger partial charge in [-0.25, -0.2) is 28.7 Å². The van der Waals surface area contributed by atoms with Crippen LogP contribution in [0, 0.1) is 35.5 Å². The number of rotatable bonds is 17. The van der Waals surface area contributed by atoms with Crippen LogP contribution in [-0.2, 0) is 0 Å². The van der Waals surface area contributed by atoms with E-state index in [1.54, 1.807) is 69.9 Å². The molecule has 0 bridgehead atoms. The topological polar surface area (TPSA) is 324 Å². The van der Waals surface area contributed by atoms with E-state index in [2.05, 4.69) is 445 Å². The van der Waals surface area contributed by atoms with Crippen molar-refractivity contribution >= 4 is 102 Å². The molecule has 3 N–H and O–H groups in total. The first-order valence-corrected chi connectivity index (χ1v) is 54.4. The van der Waals surface area contributed by atoms with E-state index in [9.17, 15) is 0 Å². The molecule has 1 unspecified atom stereocenters. The second-order valence-corrected chi connectivity index (χ2v) is 42.8. The van der Waals surface area contributed by atoms with E-state index in [-0.39, 0.29) is 7.43 Å². The zero-order chi connectivity index (χ0) is 107. The van der Waals surface area contributed by atoms with Crippen LogP contribution in [0.1, 0.15) is 358 Å². The number of hydrogen-bond acceptors (Lipinski definition) is 26. The Morgan fingerprint density at radius 2 is 1.12 bits per heavy atom. The highest BCUT2D eigenvalue weighted by Gasteiger charge is 2.14. The lowest BCUT2D eigenvalue weighted by Gasteiger charge is -2.19. The second kappa shape index (κ2) is 75.3. The minimum atomic E-state index is 0. The Balaban J connectivity index is 0.000000521. The van der Waals surface area contributed by atoms with Crippen LogP contribution in [0.15, 0.2) is 257 Å². The van der Waals surface area contributed by atoms with E-state index in [1.165, 1.54) is 90.2 Å². The summed E-state index contributed by atoms with van der Waals surface area (Å²) in [6.45, 7) is 79.0. The molecule has 0 amide bonds. The molecule has 30 heteroatoms. The summed E-state index contributed by atoms with van der Waals surface area (Å²) in [5.41, 5.74) is 21.0. The maximum atomic E-state index is 4.84. The lowest BCUT2D eigenvalue weighted by atomic mass is 10.0. The number of thiazole rings is 2. The van der Waals surface area contributed by atoms with E-state index in [0.29, 0.717) is 107 Å². The first-order valence-electron chi connectivity index (χ1n) is 51.1. The van der Waals surface area contributed by atoms with Crippen LogP contribution in [0.25, 0.3) is 20.7 Å². The van der Waals surface area contributed by atoms with E-state index in [0.717, 1.165) is 65.7 Å². The van der Waals surface area contributed by atoms with Gasteiger partial charge in [0.15, 0.2) is 5.65 Å². The molecule has 1 atom stereocenters. The fourth-order valence-electron chi connectivity index (χ4n) is 12.3. The zero-order valence-corrected chi connectivity index (χ0v) is 96.3. The Morgan fingerprint density at radius 3 is 1.42 bits per heavy atom. The molecule has 0 spiro atoms. The largest absolute Gasteiger partial charge is 0.375 e. The molecule has 0 fully saturated rings. The molecular formula is C115H178N24O2S4. The highest BCUT2D eigenvalue weighted by atomic mass is 32.1. The van der Waals surface area contributed by atoms with E-state index in [1.807, 2.05) is 104 Å². The average Bonchev–Trinajstić information content (AvgIpc) is 1.71. The molecule has 26 nitrogen and oxygen atoms in total. The van der Waals surface area contributed by atoms with Crippen LogP contribution in [0.5, 0.6) is 0 Å². The second-order valence-electron chi connectivity index (χ2n) is 39.6. The Kier molecular flexibility index (Phi) is 67.3. The van der Waals surface area contributed by atoms with Gasteiger partial charge in [-0.3, -0.25) is 39.7 Å². The molecule has 0 radical (unpaired) electrons. The van der Waals surface area contributed by atoms with Crippen molar-refractivity contribution in [1.82, 2.24) is 89.5 Å². The van der Waals surface area contributed by atoms with Crippen molar-refractivity contribution in [2.45, 2.75) is 321 Å². The minimum Gasteiger partial charge on any atom is -0.375 e. The Bertz CT molecular complexity index is 4900. The Hall–Kier alpha value is -11.5. The molecule has 7 aliphatic heterocycles. The third kappa shape index (κ3) is 55.6. The summed E-state index contributed by atoms with van der Waals surface area (Å²) in [7, 11) is 0. The molecule has 0 saturated heterocycles. The first kappa shape index (κ1) is 130. The van der Waals surface area contributed by atoms with Crippen molar-refractivity contribution in [2.75, 3.05) is 39.3 Å².